The average molecular weight is 339 g/mol. The molecule has 2 aliphatic heterocycles. The van der Waals surface area contributed by atoms with Crippen LogP contribution in [0.25, 0.3) is 10.2 Å². The number of benzene rings is 1. The van der Waals surface area contributed by atoms with Crippen LogP contribution < -0.4 is 0 Å². The van der Waals surface area contributed by atoms with Crippen molar-refractivity contribution in [2.75, 3.05) is 0 Å². The summed E-state index contributed by atoms with van der Waals surface area (Å²) in [4.78, 5) is 21.5. The maximum atomic E-state index is 13.1. The molecular weight excluding hydrogens is 322 g/mol. The molecule has 1 aromatic carbocycles. The quantitative estimate of drug-likeness (QED) is 0.720. The van der Waals surface area contributed by atoms with Gasteiger partial charge in [-0.15, -0.1) is 11.3 Å². The van der Waals surface area contributed by atoms with Crippen molar-refractivity contribution in [2.45, 2.75) is 43.8 Å². The zero-order chi connectivity index (χ0) is 16.1. The zero-order valence-electron chi connectivity index (χ0n) is 13.1. The van der Waals surface area contributed by atoms with Crippen molar-refractivity contribution in [1.82, 2.24) is 24.9 Å². The number of hydrogen-bond donors (Lipinski definition) is 0. The Balaban J connectivity index is 1.42. The predicted molar refractivity (Wildman–Crippen MR) is 90.9 cm³/mol. The Morgan fingerprint density at radius 3 is 2.46 bits per heavy atom. The molecule has 2 bridgehead atoms. The van der Waals surface area contributed by atoms with Gasteiger partial charge in [0.2, 0.25) is 0 Å². The highest BCUT2D eigenvalue weighted by molar-refractivity contribution is 7.20. The summed E-state index contributed by atoms with van der Waals surface area (Å²) in [5.41, 5.74) is 0.911. The number of rotatable bonds is 2. The largest absolute Gasteiger partial charge is 0.330 e. The SMILES string of the molecule is O=C(c1nc2ccccc2s1)N1[C@H]2CC[C@H]1CC(n1nccn1)C2. The Hall–Kier alpha value is -2.28. The third kappa shape index (κ3) is 2.15. The molecule has 2 atom stereocenters. The molecule has 0 aliphatic carbocycles. The van der Waals surface area contributed by atoms with E-state index in [2.05, 4.69) is 20.1 Å². The first-order valence-corrected chi connectivity index (χ1v) is 9.15. The van der Waals surface area contributed by atoms with Crippen LogP contribution in [0.4, 0.5) is 0 Å². The molecule has 122 valence electrons. The van der Waals surface area contributed by atoms with E-state index < -0.39 is 0 Å². The number of hydrogen-bond acceptors (Lipinski definition) is 5. The van der Waals surface area contributed by atoms with E-state index >= 15 is 0 Å². The summed E-state index contributed by atoms with van der Waals surface area (Å²) in [6.07, 6.45) is 7.45. The molecule has 0 radical (unpaired) electrons. The van der Waals surface area contributed by atoms with E-state index in [1.165, 1.54) is 11.3 Å². The number of thiazole rings is 1. The number of fused-ring (bicyclic) bond motifs is 3. The Morgan fingerprint density at radius 1 is 1.04 bits per heavy atom. The molecule has 7 heteroatoms. The minimum absolute atomic E-state index is 0.0931. The maximum absolute atomic E-state index is 13.1. The third-order valence-electron chi connectivity index (χ3n) is 5.18. The van der Waals surface area contributed by atoms with Gasteiger partial charge < -0.3 is 4.90 Å². The molecular formula is C17H17N5OS. The molecule has 0 saturated carbocycles. The maximum Gasteiger partial charge on any atom is 0.283 e. The molecule has 3 aromatic rings. The molecule has 5 rings (SSSR count). The number of amides is 1. The van der Waals surface area contributed by atoms with E-state index in [4.69, 9.17) is 0 Å². The van der Waals surface area contributed by atoms with Crippen LogP contribution >= 0.6 is 11.3 Å². The van der Waals surface area contributed by atoms with Gasteiger partial charge in [-0.05, 0) is 37.8 Å². The standard InChI is InChI=1S/C17H17N5OS/c23-17(16-20-14-3-1-2-4-15(14)24-16)21-11-5-6-12(21)10-13(9-11)22-18-7-8-19-22/h1-4,7-8,11-13H,5-6,9-10H2/t11-,12-/m0/s1. The minimum Gasteiger partial charge on any atom is -0.330 e. The number of piperidine rings is 1. The molecule has 2 aromatic heterocycles. The third-order valence-corrected chi connectivity index (χ3v) is 6.21. The number of aromatic nitrogens is 4. The summed E-state index contributed by atoms with van der Waals surface area (Å²) < 4.78 is 1.07. The van der Waals surface area contributed by atoms with E-state index in [1.54, 1.807) is 12.4 Å². The van der Waals surface area contributed by atoms with Crippen molar-refractivity contribution in [3.63, 3.8) is 0 Å². The molecule has 2 saturated heterocycles. The smallest absolute Gasteiger partial charge is 0.283 e. The minimum atomic E-state index is 0.0931. The van der Waals surface area contributed by atoms with Gasteiger partial charge in [0.1, 0.15) is 0 Å². The number of carbonyl (C=O) groups is 1. The van der Waals surface area contributed by atoms with Crippen LogP contribution in [0.1, 0.15) is 41.5 Å². The van der Waals surface area contributed by atoms with Crippen LogP contribution in [0.3, 0.4) is 0 Å². The van der Waals surface area contributed by atoms with Crippen molar-refractivity contribution in [3.8, 4) is 0 Å². The van der Waals surface area contributed by atoms with Gasteiger partial charge >= 0.3 is 0 Å². The lowest BCUT2D eigenvalue weighted by Gasteiger charge is -2.38. The molecule has 0 spiro atoms. The van der Waals surface area contributed by atoms with Crippen molar-refractivity contribution >= 4 is 27.5 Å². The van der Waals surface area contributed by atoms with Crippen LogP contribution in [0.15, 0.2) is 36.7 Å². The second-order valence-electron chi connectivity index (χ2n) is 6.56. The second kappa shape index (κ2) is 5.37. The number of para-hydroxylation sites is 1. The van der Waals surface area contributed by atoms with Crippen LogP contribution in [0.2, 0.25) is 0 Å². The van der Waals surface area contributed by atoms with Gasteiger partial charge in [0.05, 0.1) is 28.7 Å². The number of nitrogens with zero attached hydrogens (tertiary/aromatic N) is 5. The van der Waals surface area contributed by atoms with E-state index in [0.717, 1.165) is 35.9 Å². The first kappa shape index (κ1) is 14.1. The summed E-state index contributed by atoms with van der Waals surface area (Å²) in [5, 5.41) is 9.19. The lowest BCUT2D eigenvalue weighted by molar-refractivity contribution is 0.0512. The lowest BCUT2D eigenvalue weighted by atomic mass is 9.98. The fourth-order valence-corrected chi connectivity index (χ4v) is 5.07. The highest BCUT2D eigenvalue weighted by Crippen LogP contribution is 2.41. The Kier molecular flexibility index (Phi) is 3.16. The molecule has 2 aliphatic rings. The summed E-state index contributed by atoms with van der Waals surface area (Å²) in [7, 11) is 0. The molecule has 24 heavy (non-hydrogen) atoms. The second-order valence-corrected chi connectivity index (χ2v) is 7.59. The molecule has 1 amide bonds. The van der Waals surface area contributed by atoms with E-state index in [1.807, 2.05) is 29.1 Å². The Bertz CT molecular complexity index is 842. The molecule has 4 heterocycles. The van der Waals surface area contributed by atoms with Gasteiger partial charge in [0.15, 0.2) is 5.01 Å². The van der Waals surface area contributed by atoms with Crippen LogP contribution in [0.5, 0.6) is 0 Å². The van der Waals surface area contributed by atoms with E-state index in [0.29, 0.717) is 11.0 Å². The van der Waals surface area contributed by atoms with Gasteiger partial charge in [0, 0.05) is 12.1 Å². The Morgan fingerprint density at radius 2 is 1.75 bits per heavy atom. The van der Waals surface area contributed by atoms with Crippen molar-refractivity contribution in [1.29, 1.82) is 0 Å². The molecule has 0 N–H and O–H groups in total. The zero-order valence-corrected chi connectivity index (χ0v) is 13.9. The summed E-state index contributed by atoms with van der Waals surface area (Å²) >= 11 is 1.50. The normalized spacial score (nSPS) is 26.2. The number of carbonyl (C=O) groups excluding carboxylic acids is 1. The van der Waals surface area contributed by atoms with Gasteiger partial charge in [-0.25, -0.2) is 4.98 Å². The van der Waals surface area contributed by atoms with Crippen molar-refractivity contribution in [3.05, 3.63) is 41.7 Å². The van der Waals surface area contributed by atoms with Gasteiger partial charge in [-0.1, -0.05) is 12.1 Å². The van der Waals surface area contributed by atoms with E-state index in [9.17, 15) is 4.79 Å². The van der Waals surface area contributed by atoms with Gasteiger partial charge in [-0.3, -0.25) is 4.79 Å². The van der Waals surface area contributed by atoms with Crippen LogP contribution in [-0.4, -0.2) is 42.9 Å². The van der Waals surface area contributed by atoms with Crippen molar-refractivity contribution in [2.24, 2.45) is 0 Å². The van der Waals surface area contributed by atoms with Crippen LogP contribution in [0, 0.1) is 0 Å². The highest BCUT2D eigenvalue weighted by atomic mass is 32.1. The lowest BCUT2D eigenvalue weighted by Crippen LogP contribution is -2.47. The molecule has 0 unspecified atom stereocenters. The van der Waals surface area contributed by atoms with Gasteiger partial charge in [-0.2, -0.15) is 15.0 Å². The first-order chi connectivity index (χ1) is 11.8. The Labute approximate surface area is 143 Å². The highest BCUT2D eigenvalue weighted by Gasteiger charge is 2.45. The molecule has 2 fully saturated rings. The summed E-state index contributed by atoms with van der Waals surface area (Å²) in [6.45, 7) is 0. The predicted octanol–water partition coefficient (Wildman–Crippen LogP) is 2.90. The molecule has 6 nitrogen and oxygen atoms in total. The van der Waals surface area contributed by atoms with Crippen LogP contribution in [-0.2, 0) is 0 Å². The van der Waals surface area contributed by atoms with Crippen molar-refractivity contribution < 1.29 is 4.79 Å². The topological polar surface area (TPSA) is 63.9 Å². The average Bonchev–Trinajstić information content (AvgIpc) is 3.32. The first-order valence-electron chi connectivity index (χ1n) is 8.33. The summed E-state index contributed by atoms with van der Waals surface area (Å²) in [5.74, 6) is 0.0931. The summed E-state index contributed by atoms with van der Waals surface area (Å²) in [6, 6.07) is 8.79. The fraction of sp³-hybridized carbons (Fsp3) is 0.412. The monoisotopic (exact) mass is 339 g/mol. The van der Waals surface area contributed by atoms with E-state index in [-0.39, 0.29) is 18.0 Å². The van der Waals surface area contributed by atoms with Gasteiger partial charge in [0.25, 0.3) is 5.91 Å². The fourth-order valence-electron chi connectivity index (χ4n) is 4.16.